The quantitative estimate of drug-likeness (QED) is 0.452. The second-order valence-corrected chi connectivity index (χ2v) is 5.62. The van der Waals surface area contributed by atoms with Gasteiger partial charge >= 0.3 is 5.97 Å². The minimum Gasteiger partial charge on any atom is -0.464 e. The zero-order chi connectivity index (χ0) is 11.8. The largest absolute Gasteiger partial charge is 0.464 e. The van der Waals surface area contributed by atoms with Crippen LogP contribution in [0.1, 0.15) is 39.0 Å². The molecule has 0 aromatic heterocycles. The Morgan fingerprint density at radius 2 is 2.38 bits per heavy atom. The van der Waals surface area contributed by atoms with Crippen molar-refractivity contribution in [3.63, 3.8) is 0 Å². The molecular formula is C11H19NO2S2. The summed E-state index contributed by atoms with van der Waals surface area (Å²) < 4.78 is 5.58. The predicted molar refractivity (Wildman–Crippen MR) is 71.7 cm³/mol. The molecule has 92 valence electrons. The highest BCUT2D eigenvalue weighted by Crippen LogP contribution is 2.12. The first-order chi connectivity index (χ1) is 7.74. The van der Waals surface area contributed by atoms with Crippen LogP contribution in [0.4, 0.5) is 0 Å². The van der Waals surface area contributed by atoms with Crippen molar-refractivity contribution in [2.45, 2.75) is 45.1 Å². The number of carbonyl (C=O) groups is 1. The summed E-state index contributed by atoms with van der Waals surface area (Å²) in [4.78, 5) is 11.2. The monoisotopic (exact) mass is 261 g/mol. The van der Waals surface area contributed by atoms with E-state index in [-0.39, 0.29) is 12.0 Å². The summed E-state index contributed by atoms with van der Waals surface area (Å²) >= 11 is 6.79. The lowest BCUT2D eigenvalue weighted by molar-refractivity contribution is -0.139. The van der Waals surface area contributed by atoms with Crippen LogP contribution < -0.4 is 5.32 Å². The van der Waals surface area contributed by atoms with E-state index in [1.54, 1.807) is 11.8 Å². The van der Waals surface area contributed by atoms with Gasteiger partial charge in [0.15, 0.2) is 0 Å². The second-order valence-electron chi connectivity index (χ2n) is 3.85. The molecule has 1 rings (SSSR count). The van der Waals surface area contributed by atoms with Crippen LogP contribution in [0.15, 0.2) is 0 Å². The summed E-state index contributed by atoms with van der Waals surface area (Å²) in [5.74, 6) is 0.863. The van der Waals surface area contributed by atoms with E-state index in [0.29, 0.717) is 6.61 Å². The van der Waals surface area contributed by atoms with Gasteiger partial charge in [-0.25, -0.2) is 4.79 Å². The lowest BCUT2D eigenvalue weighted by atomic mass is 10.2. The molecule has 1 saturated heterocycles. The molecule has 0 aromatic carbocycles. The first kappa shape index (κ1) is 13.8. The van der Waals surface area contributed by atoms with Crippen molar-refractivity contribution in [1.29, 1.82) is 0 Å². The number of unbranched alkanes of at least 4 members (excludes halogenated alkanes) is 3. The number of nitrogens with one attached hydrogen (secondary N) is 1. The Hall–Kier alpha value is -0.290. The molecule has 1 atom stereocenters. The van der Waals surface area contributed by atoms with Gasteiger partial charge in [-0.2, -0.15) is 0 Å². The van der Waals surface area contributed by atoms with Crippen molar-refractivity contribution in [3.8, 4) is 0 Å². The summed E-state index contributed by atoms with van der Waals surface area (Å²) in [7, 11) is 0. The Bertz CT molecular complexity index is 246. The summed E-state index contributed by atoms with van der Waals surface area (Å²) in [6.45, 7) is 2.71. The Labute approximate surface area is 107 Å². The maximum Gasteiger partial charge on any atom is 0.328 e. The molecule has 1 fully saturated rings. The van der Waals surface area contributed by atoms with Crippen LogP contribution in [-0.2, 0) is 9.53 Å². The number of cyclic esters (lactones) is 1. The van der Waals surface area contributed by atoms with Crippen LogP contribution in [0.25, 0.3) is 0 Å². The third-order valence-electron chi connectivity index (χ3n) is 2.46. The van der Waals surface area contributed by atoms with Crippen molar-refractivity contribution in [3.05, 3.63) is 0 Å². The standard InChI is InChI=1S/C11H19NO2S2/c1-2-3-4-5-8-16-11(15)12-9-6-7-14-10(9)13/h9H,2-8H2,1H3,(H,12,15)/t9-/m0/s1. The fraction of sp³-hybridized carbons (Fsp3) is 0.818. The number of rotatable bonds is 6. The smallest absolute Gasteiger partial charge is 0.328 e. The zero-order valence-corrected chi connectivity index (χ0v) is 11.3. The first-order valence-electron chi connectivity index (χ1n) is 5.84. The lowest BCUT2D eigenvalue weighted by Gasteiger charge is -2.10. The SMILES string of the molecule is CCCCCCSC(=S)N[C@H]1CCOC1=O. The molecule has 5 heteroatoms. The predicted octanol–water partition coefficient (Wildman–Crippen LogP) is 2.49. The number of hydrogen-bond donors (Lipinski definition) is 1. The maximum absolute atomic E-state index is 11.2. The first-order valence-corrected chi connectivity index (χ1v) is 7.23. The zero-order valence-electron chi connectivity index (χ0n) is 9.66. The fourth-order valence-electron chi connectivity index (χ4n) is 1.50. The van der Waals surface area contributed by atoms with E-state index < -0.39 is 0 Å². The molecule has 3 nitrogen and oxygen atoms in total. The van der Waals surface area contributed by atoms with Crippen LogP contribution in [0.2, 0.25) is 0 Å². The topological polar surface area (TPSA) is 38.3 Å². The van der Waals surface area contributed by atoms with Crippen molar-refractivity contribution < 1.29 is 9.53 Å². The van der Waals surface area contributed by atoms with Crippen LogP contribution in [0, 0.1) is 0 Å². The minimum absolute atomic E-state index is 0.172. The summed E-state index contributed by atoms with van der Waals surface area (Å²) in [6, 6.07) is -0.212. The van der Waals surface area contributed by atoms with E-state index in [9.17, 15) is 4.79 Å². The summed E-state index contributed by atoms with van der Waals surface area (Å²) in [6.07, 6.45) is 5.72. The molecule has 0 spiro atoms. The van der Waals surface area contributed by atoms with Gasteiger partial charge in [-0.05, 0) is 6.42 Å². The molecule has 0 unspecified atom stereocenters. The number of thiocarbonyl (C=S) groups is 1. The molecule has 1 aliphatic rings. The van der Waals surface area contributed by atoms with Gasteiger partial charge < -0.3 is 10.1 Å². The minimum atomic E-state index is -0.212. The molecular weight excluding hydrogens is 242 g/mol. The lowest BCUT2D eigenvalue weighted by Crippen LogP contribution is -2.35. The third kappa shape index (κ3) is 5.16. The number of ether oxygens (including phenoxy) is 1. The van der Waals surface area contributed by atoms with Crippen LogP contribution in [-0.4, -0.2) is 28.7 Å². The molecule has 0 radical (unpaired) electrons. The Morgan fingerprint density at radius 3 is 3.00 bits per heavy atom. The van der Waals surface area contributed by atoms with Gasteiger partial charge in [0.2, 0.25) is 0 Å². The number of thioether (sulfide) groups is 1. The fourth-order valence-corrected chi connectivity index (χ4v) is 2.66. The van der Waals surface area contributed by atoms with Gasteiger partial charge in [0.1, 0.15) is 10.4 Å². The molecule has 1 aliphatic heterocycles. The van der Waals surface area contributed by atoms with E-state index in [2.05, 4.69) is 12.2 Å². The molecule has 1 heterocycles. The van der Waals surface area contributed by atoms with Crippen molar-refractivity contribution in [2.75, 3.05) is 12.4 Å². The third-order valence-corrected chi connectivity index (χ3v) is 3.80. The molecule has 0 saturated carbocycles. The van der Waals surface area contributed by atoms with E-state index in [1.807, 2.05) is 0 Å². The van der Waals surface area contributed by atoms with E-state index >= 15 is 0 Å². The van der Waals surface area contributed by atoms with E-state index in [0.717, 1.165) is 16.5 Å². The molecule has 0 amide bonds. The number of esters is 1. The molecule has 1 N–H and O–H groups in total. The summed E-state index contributed by atoms with van der Waals surface area (Å²) in [5.41, 5.74) is 0. The molecule has 16 heavy (non-hydrogen) atoms. The average molecular weight is 261 g/mol. The Morgan fingerprint density at radius 1 is 1.56 bits per heavy atom. The maximum atomic E-state index is 11.2. The van der Waals surface area contributed by atoms with E-state index in [1.165, 1.54) is 25.7 Å². The van der Waals surface area contributed by atoms with Gasteiger partial charge in [0, 0.05) is 12.2 Å². The van der Waals surface area contributed by atoms with Crippen molar-refractivity contribution >= 4 is 34.3 Å². The van der Waals surface area contributed by atoms with Gasteiger partial charge in [-0.1, -0.05) is 50.2 Å². The van der Waals surface area contributed by atoms with Crippen LogP contribution >= 0.6 is 24.0 Å². The highest BCUT2D eigenvalue weighted by molar-refractivity contribution is 8.22. The van der Waals surface area contributed by atoms with Crippen LogP contribution in [0.3, 0.4) is 0 Å². The Balaban J connectivity index is 2.04. The van der Waals surface area contributed by atoms with Crippen LogP contribution in [0.5, 0.6) is 0 Å². The molecule has 0 aromatic rings. The highest BCUT2D eigenvalue weighted by atomic mass is 32.2. The molecule has 0 aliphatic carbocycles. The average Bonchev–Trinajstić information content (AvgIpc) is 2.64. The van der Waals surface area contributed by atoms with Gasteiger partial charge in [0.05, 0.1) is 6.61 Å². The van der Waals surface area contributed by atoms with Gasteiger partial charge in [-0.3, -0.25) is 0 Å². The van der Waals surface area contributed by atoms with Crippen molar-refractivity contribution in [1.82, 2.24) is 5.32 Å². The normalized spacial score (nSPS) is 19.6. The highest BCUT2D eigenvalue weighted by Gasteiger charge is 2.26. The number of carbonyl (C=O) groups excluding carboxylic acids is 1. The van der Waals surface area contributed by atoms with Gasteiger partial charge in [0.25, 0.3) is 0 Å². The number of hydrogen-bond acceptors (Lipinski definition) is 4. The Kier molecular flexibility index (Phi) is 6.80. The van der Waals surface area contributed by atoms with E-state index in [4.69, 9.17) is 17.0 Å². The molecule has 0 bridgehead atoms. The van der Waals surface area contributed by atoms with Crippen molar-refractivity contribution in [2.24, 2.45) is 0 Å². The second kappa shape index (κ2) is 7.90. The summed E-state index contributed by atoms with van der Waals surface area (Å²) in [5, 5.41) is 3.04. The van der Waals surface area contributed by atoms with Gasteiger partial charge in [-0.15, -0.1) is 0 Å².